The highest BCUT2D eigenvalue weighted by Crippen LogP contribution is 2.23. The summed E-state index contributed by atoms with van der Waals surface area (Å²) in [5.41, 5.74) is 4.16. The number of benzene rings is 1. The number of hydrogen-bond acceptors (Lipinski definition) is 3. The SMILES string of the molecule is Cc1ccc(C(COCC(F)(F)C(F)F)NN)cc1. The van der Waals surface area contributed by atoms with Crippen LogP contribution in [0.1, 0.15) is 17.2 Å². The molecule has 1 aromatic carbocycles. The normalized spacial score (nSPS) is 13.8. The Labute approximate surface area is 108 Å². The molecule has 1 aromatic rings. The Balaban J connectivity index is 2.52. The second kappa shape index (κ2) is 6.83. The molecule has 3 N–H and O–H groups in total. The van der Waals surface area contributed by atoms with Crippen molar-refractivity contribution >= 4 is 0 Å². The smallest absolute Gasteiger partial charge is 0.330 e. The molecule has 0 saturated heterocycles. The van der Waals surface area contributed by atoms with Crippen LogP contribution in [-0.4, -0.2) is 25.6 Å². The van der Waals surface area contributed by atoms with Crippen LogP contribution < -0.4 is 11.3 Å². The highest BCUT2D eigenvalue weighted by atomic mass is 19.3. The van der Waals surface area contributed by atoms with Crippen LogP contribution in [0.25, 0.3) is 0 Å². The van der Waals surface area contributed by atoms with Gasteiger partial charge in [0.2, 0.25) is 0 Å². The highest BCUT2D eigenvalue weighted by Gasteiger charge is 2.41. The highest BCUT2D eigenvalue weighted by molar-refractivity contribution is 5.24. The molecule has 0 heterocycles. The largest absolute Gasteiger partial charge is 0.373 e. The maximum absolute atomic E-state index is 12.6. The van der Waals surface area contributed by atoms with Gasteiger partial charge in [-0.3, -0.25) is 11.3 Å². The predicted molar refractivity (Wildman–Crippen MR) is 63.0 cm³/mol. The molecule has 0 fully saturated rings. The number of alkyl halides is 4. The van der Waals surface area contributed by atoms with Crippen molar-refractivity contribution in [1.29, 1.82) is 0 Å². The van der Waals surface area contributed by atoms with Gasteiger partial charge in [0.05, 0.1) is 12.6 Å². The first-order valence-electron chi connectivity index (χ1n) is 5.63. The average Bonchev–Trinajstić information content (AvgIpc) is 2.36. The molecule has 1 atom stereocenters. The lowest BCUT2D eigenvalue weighted by Crippen LogP contribution is -2.36. The van der Waals surface area contributed by atoms with Gasteiger partial charge in [0.15, 0.2) is 0 Å². The van der Waals surface area contributed by atoms with Crippen molar-refractivity contribution in [3.63, 3.8) is 0 Å². The minimum absolute atomic E-state index is 0.220. The van der Waals surface area contributed by atoms with Gasteiger partial charge in [0, 0.05) is 0 Å². The summed E-state index contributed by atoms with van der Waals surface area (Å²) in [6, 6.07) is 6.64. The molecule has 0 bridgehead atoms. The van der Waals surface area contributed by atoms with E-state index in [0.717, 1.165) is 11.1 Å². The van der Waals surface area contributed by atoms with Gasteiger partial charge in [-0.15, -0.1) is 0 Å². The van der Waals surface area contributed by atoms with E-state index < -0.39 is 25.0 Å². The van der Waals surface area contributed by atoms with Crippen LogP contribution in [-0.2, 0) is 4.74 Å². The van der Waals surface area contributed by atoms with Crippen molar-refractivity contribution in [3.8, 4) is 0 Å². The van der Waals surface area contributed by atoms with Crippen molar-refractivity contribution < 1.29 is 22.3 Å². The van der Waals surface area contributed by atoms with Crippen molar-refractivity contribution in [2.45, 2.75) is 25.3 Å². The number of rotatable bonds is 7. The molecule has 0 amide bonds. The number of hydrazine groups is 1. The molecular formula is C12H16F4N2O. The summed E-state index contributed by atoms with van der Waals surface area (Å²) in [7, 11) is 0. The maximum Gasteiger partial charge on any atom is 0.330 e. The fraction of sp³-hybridized carbons (Fsp3) is 0.500. The lowest BCUT2D eigenvalue weighted by molar-refractivity contribution is -0.167. The van der Waals surface area contributed by atoms with E-state index in [4.69, 9.17) is 5.84 Å². The predicted octanol–water partition coefficient (Wildman–Crippen LogP) is 2.42. The van der Waals surface area contributed by atoms with E-state index in [1.54, 1.807) is 12.1 Å². The van der Waals surface area contributed by atoms with Crippen LogP contribution >= 0.6 is 0 Å². The van der Waals surface area contributed by atoms with Crippen LogP contribution in [0.4, 0.5) is 17.6 Å². The zero-order valence-electron chi connectivity index (χ0n) is 10.4. The van der Waals surface area contributed by atoms with E-state index in [1.165, 1.54) is 0 Å². The van der Waals surface area contributed by atoms with Gasteiger partial charge in [-0.1, -0.05) is 29.8 Å². The third-order valence-electron chi connectivity index (χ3n) is 2.58. The van der Waals surface area contributed by atoms with Crippen LogP contribution in [0, 0.1) is 6.92 Å². The van der Waals surface area contributed by atoms with Gasteiger partial charge < -0.3 is 4.74 Å². The third kappa shape index (κ3) is 4.77. The van der Waals surface area contributed by atoms with Crippen LogP contribution in [0.2, 0.25) is 0 Å². The minimum Gasteiger partial charge on any atom is -0.373 e. The van der Waals surface area contributed by atoms with Gasteiger partial charge in [-0.05, 0) is 12.5 Å². The van der Waals surface area contributed by atoms with Crippen molar-refractivity contribution in [1.82, 2.24) is 5.43 Å². The molecule has 108 valence electrons. The number of aryl methyl sites for hydroxylation is 1. The zero-order chi connectivity index (χ0) is 14.5. The average molecular weight is 280 g/mol. The third-order valence-corrected chi connectivity index (χ3v) is 2.58. The molecule has 0 aliphatic heterocycles. The van der Waals surface area contributed by atoms with Gasteiger partial charge in [0.1, 0.15) is 6.61 Å². The first-order chi connectivity index (χ1) is 8.86. The fourth-order valence-electron chi connectivity index (χ4n) is 1.42. The molecule has 7 heteroatoms. The Bertz CT molecular complexity index is 384. The van der Waals surface area contributed by atoms with Gasteiger partial charge in [-0.2, -0.15) is 8.78 Å². The van der Waals surface area contributed by atoms with Crippen molar-refractivity contribution in [3.05, 3.63) is 35.4 Å². The Hall–Kier alpha value is -1.18. The fourth-order valence-corrected chi connectivity index (χ4v) is 1.42. The quantitative estimate of drug-likeness (QED) is 0.458. The summed E-state index contributed by atoms with van der Waals surface area (Å²) < 4.78 is 53.7. The molecule has 0 saturated carbocycles. The Morgan fingerprint density at radius 3 is 2.32 bits per heavy atom. The summed E-state index contributed by atoms with van der Waals surface area (Å²) in [6.07, 6.45) is -3.74. The summed E-state index contributed by atoms with van der Waals surface area (Å²) in [4.78, 5) is 0. The standard InChI is InChI=1S/C12H16F4N2O/c1-8-2-4-9(5-3-8)10(18-17)6-19-7-12(15,16)11(13)14/h2-5,10-11,18H,6-7,17H2,1H3. The summed E-state index contributed by atoms with van der Waals surface area (Å²) >= 11 is 0. The molecule has 1 unspecified atom stereocenters. The Morgan fingerprint density at radius 2 is 1.84 bits per heavy atom. The van der Waals surface area contributed by atoms with E-state index in [-0.39, 0.29) is 6.61 Å². The number of ether oxygens (including phenoxy) is 1. The van der Waals surface area contributed by atoms with Crippen molar-refractivity contribution in [2.75, 3.05) is 13.2 Å². The van der Waals surface area contributed by atoms with E-state index in [9.17, 15) is 17.6 Å². The number of nitrogens with two attached hydrogens (primary N) is 1. The molecule has 3 nitrogen and oxygen atoms in total. The Morgan fingerprint density at radius 1 is 1.26 bits per heavy atom. The first kappa shape index (κ1) is 15.9. The van der Waals surface area contributed by atoms with Crippen molar-refractivity contribution in [2.24, 2.45) is 5.84 Å². The van der Waals surface area contributed by atoms with E-state index in [1.807, 2.05) is 19.1 Å². The Kier molecular flexibility index (Phi) is 5.71. The lowest BCUT2D eigenvalue weighted by atomic mass is 10.1. The molecular weight excluding hydrogens is 264 g/mol. The minimum atomic E-state index is -4.15. The molecule has 0 spiro atoms. The van der Waals surface area contributed by atoms with E-state index in [0.29, 0.717) is 0 Å². The molecule has 0 aromatic heterocycles. The van der Waals surface area contributed by atoms with E-state index in [2.05, 4.69) is 10.2 Å². The topological polar surface area (TPSA) is 47.3 Å². The summed E-state index contributed by atoms with van der Waals surface area (Å²) in [6.45, 7) is 0.338. The monoisotopic (exact) mass is 280 g/mol. The number of hydrogen-bond donors (Lipinski definition) is 2. The summed E-state index contributed by atoms with van der Waals surface area (Å²) in [5.74, 6) is 1.14. The number of halogens is 4. The van der Waals surface area contributed by atoms with Gasteiger partial charge in [0.25, 0.3) is 0 Å². The molecule has 0 radical (unpaired) electrons. The second-order valence-corrected chi connectivity index (χ2v) is 4.21. The van der Waals surface area contributed by atoms with E-state index >= 15 is 0 Å². The molecule has 19 heavy (non-hydrogen) atoms. The van der Waals surface area contributed by atoms with Crippen LogP contribution in [0.5, 0.6) is 0 Å². The number of nitrogens with one attached hydrogen (secondary N) is 1. The first-order valence-corrected chi connectivity index (χ1v) is 5.63. The van der Waals surface area contributed by atoms with Gasteiger partial charge in [-0.25, -0.2) is 8.78 Å². The second-order valence-electron chi connectivity index (χ2n) is 4.21. The van der Waals surface area contributed by atoms with Crippen LogP contribution in [0.3, 0.4) is 0 Å². The maximum atomic E-state index is 12.6. The summed E-state index contributed by atoms with van der Waals surface area (Å²) in [5, 5.41) is 0. The van der Waals surface area contributed by atoms with Gasteiger partial charge >= 0.3 is 12.3 Å². The zero-order valence-corrected chi connectivity index (χ0v) is 10.4. The lowest BCUT2D eigenvalue weighted by Gasteiger charge is -2.19. The molecule has 0 aliphatic carbocycles. The molecule has 1 rings (SSSR count). The van der Waals surface area contributed by atoms with Crippen LogP contribution in [0.15, 0.2) is 24.3 Å². The molecule has 0 aliphatic rings.